The van der Waals surface area contributed by atoms with Gasteiger partial charge in [0.2, 0.25) is 0 Å². The summed E-state index contributed by atoms with van der Waals surface area (Å²) in [6, 6.07) is 12.5. The first-order valence-corrected chi connectivity index (χ1v) is 7.84. The van der Waals surface area contributed by atoms with Crippen molar-refractivity contribution < 1.29 is 9.53 Å². The van der Waals surface area contributed by atoms with E-state index in [9.17, 15) is 4.79 Å². The van der Waals surface area contributed by atoms with E-state index >= 15 is 0 Å². The van der Waals surface area contributed by atoms with Crippen molar-refractivity contribution >= 4 is 23.2 Å². The molecule has 0 spiro atoms. The molecule has 3 rings (SSSR count). The van der Waals surface area contributed by atoms with Crippen LogP contribution in [0, 0.1) is 0 Å². The van der Waals surface area contributed by atoms with Crippen LogP contribution in [0.15, 0.2) is 42.5 Å². The zero-order valence-corrected chi connectivity index (χ0v) is 13.3. The Morgan fingerprint density at radius 2 is 1.74 bits per heavy atom. The van der Waals surface area contributed by atoms with Crippen LogP contribution in [-0.2, 0) is 0 Å². The summed E-state index contributed by atoms with van der Waals surface area (Å²) in [6.45, 7) is 3.47. The monoisotopic (exact) mass is 331 g/mol. The molecule has 6 heteroatoms. The number of hydrogen-bond acceptors (Lipinski definition) is 4. The summed E-state index contributed by atoms with van der Waals surface area (Å²) in [6.07, 6.45) is 0. The van der Waals surface area contributed by atoms with Gasteiger partial charge in [-0.05, 0) is 42.5 Å². The Kier molecular flexibility index (Phi) is 4.69. The van der Waals surface area contributed by atoms with Crippen molar-refractivity contribution in [2.75, 3.05) is 31.1 Å². The fraction of sp³-hybridized carbons (Fsp3) is 0.235. The minimum absolute atomic E-state index is 0.458. The molecule has 5 nitrogen and oxygen atoms in total. The topological polar surface area (TPSA) is 67.6 Å². The van der Waals surface area contributed by atoms with Crippen LogP contribution >= 0.6 is 11.6 Å². The van der Waals surface area contributed by atoms with E-state index in [0.29, 0.717) is 22.1 Å². The minimum Gasteiger partial charge on any atom is -0.457 e. The molecule has 0 bridgehead atoms. The summed E-state index contributed by atoms with van der Waals surface area (Å²) < 4.78 is 5.77. The molecule has 1 amide bonds. The highest BCUT2D eigenvalue weighted by Gasteiger charge is 2.18. The van der Waals surface area contributed by atoms with Gasteiger partial charge in [-0.2, -0.15) is 0 Å². The second-order valence-electron chi connectivity index (χ2n) is 5.34. The SMILES string of the molecule is NC(=O)c1cc(Oc2ccc(Cl)cc2)ccc1N1CCNCC1. The van der Waals surface area contributed by atoms with Gasteiger partial charge in [0.1, 0.15) is 11.5 Å². The summed E-state index contributed by atoms with van der Waals surface area (Å²) >= 11 is 5.86. The highest BCUT2D eigenvalue weighted by atomic mass is 35.5. The lowest BCUT2D eigenvalue weighted by Gasteiger charge is -2.30. The molecule has 1 aliphatic rings. The molecule has 1 heterocycles. The smallest absolute Gasteiger partial charge is 0.250 e. The summed E-state index contributed by atoms with van der Waals surface area (Å²) in [5.41, 5.74) is 6.87. The number of piperazine rings is 1. The van der Waals surface area contributed by atoms with Crippen LogP contribution in [0.1, 0.15) is 10.4 Å². The van der Waals surface area contributed by atoms with Crippen LogP contribution in [-0.4, -0.2) is 32.1 Å². The number of nitrogens with two attached hydrogens (primary N) is 1. The maximum atomic E-state index is 11.8. The molecule has 0 atom stereocenters. The van der Waals surface area contributed by atoms with Gasteiger partial charge >= 0.3 is 0 Å². The maximum Gasteiger partial charge on any atom is 0.250 e. The molecule has 120 valence electrons. The molecule has 1 fully saturated rings. The number of rotatable bonds is 4. The van der Waals surface area contributed by atoms with Crippen LogP contribution in [0.25, 0.3) is 0 Å². The lowest BCUT2D eigenvalue weighted by molar-refractivity contribution is 0.100. The normalized spacial score (nSPS) is 14.6. The molecule has 23 heavy (non-hydrogen) atoms. The number of carbonyl (C=O) groups excluding carboxylic acids is 1. The van der Waals surface area contributed by atoms with E-state index < -0.39 is 5.91 Å². The minimum atomic E-state index is -0.458. The molecule has 2 aromatic carbocycles. The molecule has 1 aliphatic heterocycles. The number of nitrogens with zero attached hydrogens (tertiary/aromatic N) is 1. The summed E-state index contributed by atoms with van der Waals surface area (Å²) in [4.78, 5) is 14.0. The molecule has 0 saturated carbocycles. The van der Waals surface area contributed by atoms with E-state index in [1.807, 2.05) is 12.1 Å². The molecule has 0 unspecified atom stereocenters. The fourth-order valence-electron chi connectivity index (χ4n) is 2.60. The summed E-state index contributed by atoms with van der Waals surface area (Å²) in [5, 5.41) is 3.93. The number of anilines is 1. The number of primary amides is 1. The molecule has 1 saturated heterocycles. The Morgan fingerprint density at radius 1 is 1.09 bits per heavy atom. The van der Waals surface area contributed by atoms with Crippen LogP contribution < -0.4 is 20.7 Å². The summed E-state index contributed by atoms with van der Waals surface area (Å²) in [7, 11) is 0. The van der Waals surface area contributed by atoms with Gasteiger partial charge in [-0.25, -0.2) is 0 Å². The molecule has 0 radical (unpaired) electrons. The van der Waals surface area contributed by atoms with Crippen molar-refractivity contribution in [3.8, 4) is 11.5 Å². The Hall–Kier alpha value is -2.24. The van der Waals surface area contributed by atoms with Crippen molar-refractivity contribution in [3.05, 3.63) is 53.1 Å². The first kappa shape index (κ1) is 15.6. The maximum absolute atomic E-state index is 11.8. The van der Waals surface area contributed by atoms with E-state index in [-0.39, 0.29) is 0 Å². The van der Waals surface area contributed by atoms with Crippen molar-refractivity contribution in [1.29, 1.82) is 0 Å². The van der Waals surface area contributed by atoms with Crippen LogP contribution in [0.4, 0.5) is 5.69 Å². The fourth-order valence-corrected chi connectivity index (χ4v) is 2.72. The average Bonchev–Trinajstić information content (AvgIpc) is 2.57. The van der Waals surface area contributed by atoms with Crippen molar-refractivity contribution in [2.24, 2.45) is 5.73 Å². The molecule has 2 aromatic rings. The van der Waals surface area contributed by atoms with Gasteiger partial charge in [0.25, 0.3) is 5.91 Å². The highest BCUT2D eigenvalue weighted by Crippen LogP contribution is 2.29. The zero-order valence-electron chi connectivity index (χ0n) is 12.6. The Labute approximate surface area is 140 Å². The second-order valence-corrected chi connectivity index (χ2v) is 5.77. The third-order valence-electron chi connectivity index (χ3n) is 3.74. The zero-order chi connectivity index (χ0) is 16.2. The number of nitrogens with one attached hydrogen (secondary N) is 1. The van der Waals surface area contributed by atoms with E-state index in [0.717, 1.165) is 31.9 Å². The Morgan fingerprint density at radius 3 is 2.39 bits per heavy atom. The van der Waals surface area contributed by atoms with E-state index in [1.54, 1.807) is 30.3 Å². The number of ether oxygens (including phenoxy) is 1. The molecule has 0 aliphatic carbocycles. The second kappa shape index (κ2) is 6.89. The third-order valence-corrected chi connectivity index (χ3v) is 3.99. The highest BCUT2D eigenvalue weighted by molar-refractivity contribution is 6.30. The van der Waals surface area contributed by atoms with E-state index in [4.69, 9.17) is 22.1 Å². The third kappa shape index (κ3) is 3.75. The quantitative estimate of drug-likeness (QED) is 0.903. The van der Waals surface area contributed by atoms with Crippen molar-refractivity contribution in [3.63, 3.8) is 0 Å². The van der Waals surface area contributed by atoms with Crippen molar-refractivity contribution in [1.82, 2.24) is 5.32 Å². The molecular weight excluding hydrogens is 314 g/mol. The standard InChI is InChI=1S/C17H18ClN3O2/c18-12-1-3-13(4-2-12)23-14-5-6-16(15(11-14)17(19)22)21-9-7-20-8-10-21/h1-6,11,20H,7-10H2,(H2,19,22). The van der Waals surface area contributed by atoms with Gasteiger partial charge in [-0.1, -0.05) is 11.6 Å². The van der Waals surface area contributed by atoms with E-state index in [2.05, 4.69) is 10.2 Å². The van der Waals surface area contributed by atoms with Crippen LogP contribution in [0.5, 0.6) is 11.5 Å². The predicted molar refractivity (Wildman–Crippen MR) is 91.6 cm³/mol. The van der Waals surface area contributed by atoms with Crippen LogP contribution in [0.2, 0.25) is 5.02 Å². The van der Waals surface area contributed by atoms with E-state index in [1.165, 1.54) is 0 Å². The number of halogens is 1. The van der Waals surface area contributed by atoms with Gasteiger partial charge in [0.05, 0.1) is 5.56 Å². The van der Waals surface area contributed by atoms with Crippen molar-refractivity contribution in [2.45, 2.75) is 0 Å². The van der Waals surface area contributed by atoms with Gasteiger partial charge in [0, 0.05) is 36.9 Å². The first-order chi connectivity index (χ1) is 11.1. The Bertz CT molecular complexity index is 697. The lowest BCUT2D eigenvalue weighted by atomic mass is 10.1. The predicted octanol–water partition coefficient (Wildman–Crippen LogP) is 2.64. The van der Waals surface area contributed by atoms with Gasteiger partial charge in [-0.3, -0.25) is 4.79 Å². The molecular formula is C17H18ClN3O2. The van der Waals surface area contributed by atoms with Gasteiger partial charge < -0.3 is 20.7 Å². The first-order valence-electron chi connectivity index (χ1n) is 7.46. The average molecular weight is 332 g/mol. The Balaban J connectivity index is 1.86. The number of amides is 1. The lowest BCUT2D eigenvalue weighted by Crippen LogP contribution is -2.44. The number of carbonyl (C=O) groups is 1. The van der Waals surface area contributed by atoms with Gasteiger partial charge in [0.15, 0.2) is 0 Å². The molecule has 3 N–H and O–H groups in total. The van der Waals surface area contributed by atoms with Crippen LogP contribution in [0.3, 0.4) is 0 Å². The van der Waals surface area contributed by atoms with Gasteiger partial charge in [-0.15, -0.1) is 0 Å². The summed E-state index contributed by atoms with van der Waals surface area (Å²) in [5.74, 6) is 0.764. The largest absolute Gasteiger partial charge is 0.457 e. The number of benzene rings is 2. The molecule has 0 aromatic heterocycles. The number of hydrogen-bond donors (Lipinski definition) is 2.